The number of aromatic nitrogens is 2. The fraction of sp³-hybridized carbons (Fsp3) is 0.133. The van der Waals surface area contributed by atoms with Crippen molar-refractivity contribution < 1.29 is 13.5 Å². The number of imidazole rings is 1. The summed E-state index contributed by atoms with van der Waals surface area (Å²) in [6.07, 6.45) is 1.84. The summed E-state index contributed by atoms with van der Waals surface area (Å²) in [5.74, 6) is -1.91. The summed E-state index contributed by atoms with van der Waals surface area (Å²) in [4.78, 5) is 4.31. The molecule has 108 valence electrons. The van der Waals surface area contributed by atoms with Gasteiger partial charge in [-0.1, -0.05) is 12.1 Å². The van der Waals surface area contributed by atoms with Crippen LogP contribution in [0.25, 0.3) is 5.65 Å². The van der Waals surface area contributed by atoms with Crippen molar-refractivity contribution in [3.05, 3.63) is 59.9 Å². The van der Waals surface area contributed by atoms with E-state index in [9.17, 15) is 8.78 Å². The molecule has 3 rings (SSSR count). The number of nitrogens with one attached hydrogen (secondary N) is 1. The molecule has 21 heavy (non-hydrogen) atoms. The van der Waals surface area contributed by atoms with Crippen LogP contribution in [0.15, 0.2) is 42.6 Å². The lowest BCUT2D eigenvalue weighted by molar-refractivity contribution is 0.402. The van der Waals surface area contributed by atoms with E-state index in [4.69, 9.17) is 4.74 Å². The van der Waals surface area contributed by atoms with Crippen molar-refractivity contribution in [2.24, 2.45) is 0 Å². The van der Waals surface area contributed by atoms with E-state index < -0.39 is 11.6 Å². The summed E-state index contributed by atoms with van der Waals surface area (Å²) in [6, 6.07) is 9.32. The monoisotopic (exact) mass is 289 g/mol. The minimum atomic E-state index is -1.02. The molecule has 0 fully saturated rings. The third-order valence-electron chi connectivity index (χ3n) is 3.06. The maximum Gasteiger partial charge on any atom is 0.242 e. The molecule has 0 aliphatic carbocycles. The fourth-order valence-electron chi connectivity index (χ4n) is 2.10. The molecule has 6 heteroatoms. The van der Waals surface area contributed by atoms with Crippen LogP contribution in [0, 0.1) is 11.6 Å². The zero-order valence-corrected chi connectivity index (χ0v) is 11.3. The average Bonchev–Trinajstić information content (AvgIpc) is 2.82. The van der Waals surface area contributed by atoms with Gasteiger partial charge in [-0.2, -0.15) is 9.37 Å². The molecule has 0 atom stereocenters. The van der Waals surface area contributed by atoms with Crippen molar-refractivity contribution in [3.63, 3.8) is 0 Å². The highest BCUT2D eigenvalue weighted by Crippen LogP contribution is 2.28. The molecule has 2 heterocycles. The molecule has 0 aliphatic heterocycles. The van der Waals surface area contributed by atoms with Crippen molar-refractivity contribution in [2.45, 2.75) is 6.54 Å². The van der Waals surface area contributed by atoms with Gasteiger partial charge in [-0.05, 0) is 31.3 Å². The predicted molar refractivity (Wildman–Crippen MR) is 74.4 cm³/mol. The Labute approximate surface area is 120 Å². The number of hydrogen-bond donors (Lipinski definition) is 1. The van der Waals surface area contributed by atoms with E-state index >= 15 is 0 Å². The maximum absolute atomic E-state index is 13.7. The van der Waals surface area contributed by atoms with Gasteiger partial charge in [0, 0.05) is 12.7 Å². The Balaban J connectivity index is 2.07. The Hall–Kier alpha value is -2.47. The van der Waals surface area contributed by atoms with Crippen LogP contribution in [-0.2, 0) is 6.54 Å². The van der Waals surface area contributed by atoms with Gasteiger partial charge in [0.25, 0.3) is 0 Å². The third kappa shape index (κ3) is 2.45. The van der Waals surface area contributed by atoms with E-state index in [1.165, 1.54) is 12.1 Å². The molecule has 0 unspecified atom stereocenters. The normalized spacial score (nSPS) is 11.0. The molecule has 2 aromatic heterocycles. The third-order valence-corrected chi connectivity index (χ3v) is 3.06. The molecule has 1 N–H and O–H groups in total. The lowest BCUT2D eigenvalue weighted by Crippen LogP contribution is -2.08. The predicted octanol–water partition coefficient (Wildman–Crippen LogP) is 3.12. The Morgan fingerprint density at radius 2 is 2.05 bits per heavy atom. The largest absolute Gasteiger partial charge is 0.434 e. The number of ether oxygens (including phenoxy) is 1. The van der Waals surface area contributed by atoms with E-state index in [2.05, 4.69) is 10.3 Å². The van der Waals surface area contributed by atoms with Crippen molar-refractivity contribution in [3.8, 4) is 11.6 Å². The van der Waals surface area contributed by atoms with Crippen LogP contribution in [-0.4, -0.2) is 16.4 Å². The van der Waals surface area contributed by atoms with Gasteiger partial charge >= 0.3 is 0 Å². The Bertz CT molecular complexity index is 786. The van der Waals surface area contributed by atoms with E-state index in [0.29, 0.717) is 12.2 Å². The quantitative estimate of drug-likeness (QED) is 0.802. The Morgan fingerprint density at radius 1 is 1.19 bits per heavy atom. The van der Waals surface area contributed by atoms with Crippen LogP contribution < -0.4 is 10.1 Å². The first-order valence-corrected chi connectivity index (χ1v) is 6.43. The van der Waals surface area contributed by atoms with Crippen LogP contribution in [0.3, 0.4) is 0 Å². The standard InChI is InChI=1S/C15H13F2N3O/c1-18-9-11-15(19-13-7-2-3-8-20(11)13)21-12-6-4-5-10(16)14(12)17/h2-8,18H,9H2,1H3. The van der Waals surface area contributed by atoms with E-state index in [1.54, 1.807) is 7.05 Å². The highest BCUT2D eigenvalue weighted by Gasteiger charge is 2.16. The molecule has 0 saturated carbocycles. The first-order chi connectivity index (χ1) is 10.2. The van der Waals surface area contributed by atoms with Crippen molar-refractivity contribution in [1.29, 1.82) is 0 Å². The summed E-state index contributed by atoms with van der Waals surface area (Å²) < 4.78 is 34.3. The zero-order chi connectivity index (χ0) is 14.8. The summed E-state index contributed by atoms with van der Waals surface area (Å²) in [6.45, 7) is 0.484. The maximum atomic E-state index is 13.7. The Kier molecular flexibility index (Phi) is 3.53. The van der Waals surface area contributed by atoms with Gasteiger partial charge in [-0.15, -0.1) is 0 Å². The van der Waals surface area contributed by atoms with Crippen LogP contribution >= 0.6 is 0 Å². The molecule has 0 amide bonds. The highest BCUT2D eigenvalue weighted by atomic mass is 19.2. The van der Waals surface area contributed by atoms with Crippen LogP contribution in [0.5, 0.6) is 11.6 Å². The second-order valence-corrected chi connectivity index (χ2v) is 4.48. The van der Waals surface area contributed by atoms with E-state index in [-0.39, 0.29) is 11.6 Å². The summed E-state index contributed by atoms with van der Waals surface area (Å²) in [7, 11) is 1.79. The van der Waals surface area contributed by atoms with Crippen LogP contribution in [0.4, 0.5) is 8.78 Å². The van der Waals surface area contributed by atoms with Gasteiger partial charge in [0.05, 0.1) is 0 Å². The van der Waals surface area contributed by atoms with Crippen LogP contribution in [0.1, 0.15) is 5.69 Å². The molecular formula is C15H13F2N3O. The van der Waals surface area contributed by atoms with Gasteiger partial charge in [-0.25, -0.2) is 4.39 Å². The molecule has 0 aliphatic rings. The van der Waals surface area contributed by atoms with Crippen molar-refractivity contribution in [2.75, 3.05) is 7.05 Å². The van der Waals surface area contributed by atoms with Gasteiger partial charge in [0.2, 0.25) is 11.7 Å². The lowest BCUT2D eigenvalue weighted by Gasteiger charge is -2.07. The number of hydrogen-bond acceptors (Lipinski definition) is 3. The smallest absolute Gasteiger partial charge is 0.242 e. The highest BCUT2D eigenvalue weighted by molar-refractivity contribution is 5.47. The summed E-state index contributed by atoms with van der Waals surface area (Å²) in [5.41, 5.74) is 1.41. The molecule has 0 spiro atoms. The van der Waals surface area contributed by atoms with E-state index in [1.807, 2.05) is 28.8 Å². The molecule has 1 aromatic carbocycles. The minimum absolute atomic E-state index is 0.184. The Morgan fingerprint density at radius 3 is 2.86 bits per heavy atom. The number of fused-ring (bicyclic) bond motifs is 1. The molecule has 0 bridgehead atoms. The van der Waals surface area contributed by atoms with Crippen molar-refractivity contribution in [1.82, 2.24) is 14.7 Å². The first-order valence-electron chi connectivity index (χ1n) is 6.43. The molecule has 4 nitrogen and oxygen atoms in total. The first kappa shape index (κ1) is 13.5. The van der Waals surface area contributed by atoms with Gasteiger partial charge in [0.15, 0.2) is 11.6 Å². The number of halogens is 2. The summed E-state index contributed by atoms with van der Waals surface area (Å²) in [5, 5.41) is 3.01. The van der Waals surface area contributed by atoms with E-state index in [0.717, 1.165) is 11.8 Å². The fourth-order valence-corrected chi connectivity index (χ4v) is 2.10. The molecule has 0 saturated heterocycles. The zero-order valence-electron chi connectivity index (χ0n) is 11.3. The van der Waals surface area contributed by atoms with Crippen molar-refractivity contribution >= 4 is 5.65 Å². The second-order valence-electron chi connectivity index (χ2n) is 4.48. The van der Waals surface area contributed by atoms with Gasteiger partial charge in [0.1, 0.15) is 11.3 Å². The topological polar surface area (TPSA) is 38.6 Å². The SMILES string of the molecule is CNCc1c(Oc2cccc(F)c2F)nc2ccccn12. The number of rotatable bonds is 4. The number of nitrogens with zero attached hydrogens (tertiary/aromatic N) is 2. The van der Waals surface area contributed by atoms with Crippen LogP contribution in [0.2, 0.25) is 0 Å². The van der Waals surface area contributed by atoms with Gasteiger partial charge in [-0.3, -0.25) is 4.40 Å². The molecular weight excluding hydrogens is 276 g/mol. The second kappa shape index (κ2) is 5.49. The molecule has 0 radical (unpaired) electrons. The summed E-state index contributed by atoms with van der Waals surface area (Å²) >= 11 is 0. The number of pyridine rings is 1. The minimum Gasteiger partial charge on any atom is -0.434 e. The van der Waals surface area contributed by atoms with Gasteiger partial charge < -0.3 is 10.1 Å². The molecule has 3 aromatic rings. The number of benzene rings is 1. The average molecular weight is 289 g/mol. The lowest BCUT2D eigenvalue weighted by atomic mass is 10.3.